The number of nitrogens with one attached hydrogen (secondary N) is 2. The number of carboxylic acid groups (broad SMARTS) is 1. The van der Waals surface area contributed by atoms with Gasteiger partial charge in [0.05, 0.1) is 5.69 Å². The molecule has 0 spiro atoms. The number of carboxylic acids is 1. The summed E-state index contributed by atoms with van der Waals surface area (Å²) in [4.78, 5) is 18.0. The molecule has 3 aromatic rings. The smallest absolute Gasteiger partial charge is 0.328 e. The van der Waals surface area contributed by atoms with Gasteiger partial charge >= 0.3 is 5.97 Å². The standard InChI is InChI=1S/C17H14FN3O2/c1-10-2-4-12(8-14(10)18)21-16-11(3-5-15(22)23)9-20-17-13(16)6-7-19-17/h2-9H,1H3,(H,22,23)(H2,19,20,21)/b5-3+. The molecule has 1 aromatic carbocycles. The number of aromatic nitrogens is 2. The second-order valence-electron chi connectivity index (χ2n) is 5.09. The van der Waals surface area contributed by atoms with E-state index in [1.54, 1.807) is 31.5 Å². The zero-order valence-electron chi connectivity index (χ0n) is 12.3. The highest BCUT2D eigenvalue weighted by Gasteiger charge is 2.10. The molecule has 3 rings (SSSR count). The van der Waals surface area contributed by atoms with Gasteiger partial charge in [0.15, 0.2) is 0 Å². The van der Waals surface area contributed by atoms with E-state index in [1.165, 1.54) is 12.1 Å². The molecule has 0 bridgehead atoms. The van der Waals surface area contributed by atoms with E-state index in [1.807, 2.05) is 6.07 Å². The summed E-state index contributed by atoms with van der Waals surface area (Å²) in [7, 11) is 0. The summed E-state index contributed by atoms with van der Waals surface area (Å²) in [6.07, 6.45) is 5.79. The van der Waals surface area contributed by atoms with Crippen LogP contribution in [0.25, 0.3) is 17.1 Å². The Morgan fingerprint density at radius 1 is 1.39 bits per heavy atom. The molecule has 0 atom stereocenters. The number of hydrogen-bond donors (Lipinski definition) is 3. The van der Waals surface area contributed by atoms with Crippen LogP contribution >= 0.6 is 0 Å². The normalized spacial score (nSPS) is 11.2. The fraction of sp³-hybridized carbons (Fsp3) is 0.0588. The van der Waals surface area contributed by atoms with E-state index in [-0.39, 0.29) is 5.82 Å². The number of fused-ring (bicyclic) bond motifs is 1. The lowest BCUT2D eigenvalue weighted by Gasteiger charge is -2.12. The first-order valence-corrected chi connectivity index (χ1v) is 6.95. The molecule has 3 N–H and O–H groups in total. The number of hydrogen-bond acceptors (Lipinski definition) is 3. The Labute approximate surface area is 131 Å². The molecule has 0 saturated carbocycles. The van der Waals surface area contributed by atoms with Crippen molar-refractivity contribution in [1.29, 1.82) is 0 Å². The average Bonchev–Trinajstić information content (AvgIpc) is 2.99. The van der Waals surface area contributed by atoms with Gasteiger partial charge in [-0.25, -0.2) is 14.2 Å². The van der Waals surface area contributed by atoms with Crippen LogP contribution in [0.15, 0.2) is 42.7 Å². The molecule has 6 heteroatoms. The van der Waals surface area contributed by atoms with Gasteiger partial charge in [0.2, 0.25) is 0 Å². The second kappa shape index (κ2) is 5.92. The zero-order chi connectivity index (χ0) is 16.4. The Hall–Kier alpha value is -3.15. The van der Waals surface area contributed by atoms with Crippen LogP contribution in [0.1, 0.15) is 11.1 Å². The number of nitrogens with zero attached hydrogens (tertiary/aromatic N) is 1. The first kappa shape index (κ1) is 14.8. The van der Waals surface area contributed by atoms with E-state index in [2.05, 4.69) is 15.3 Å². The Balaban J connectivity index is 2.09. The molecule has 0 radical (unpaired) electrons. The van der Waals surface area contributed by atoms with Gasteiger partial charge in [-0.05, 0) is 36.8 Å². The first-order valence-electron chi connectivity index (χ1n) is 6.95. The zero-order valence-corrected chi connectivity index (χ0v) is 12.3. The molecular formula is C17H14FN3O2. The number of anilines is 2. The van der Waals surface area contributed by atoms with Crippen LogP contribution in [-0.4, -0.2) is 21.0 Å². The summed E-state index contributed by atoms with van der Waals surface area (Å²) in [5.41, 5.74) is 3.06. The molecular weight excluding hydrogens is 297 g/mol. The Morgan fingerprint density at radius 3 is 2.96 bits per heavy atom. The number of H-pyrrole nitrogens is 1. The topological polar surface area (TPSA) is 78.0 Å². The molecule has 0 aliphatic heterocycles. The van der Waals surface area contributed by atoms with Crippen LogP contribution in [0, 0.1) is 12.7 Å². The summed E-state index contributed by atoms with van der Waals surface area (Å²) >= 11 is 0. The van der Waals surface area contributed by atoms with Crippen LogP contribution in [-0.2, 0) is 4.79 Å². The molecule has 23 heavy (non-hydrogen) atoms. The number of pyridine rings is 1. The Bertz CT molecular complexity index is 915. The summed E-state index contributed by atoms with van der Waals surface area (Å²) < 4.78 is 13.7. The summed E-state index contributed by atoms with van der Waals surface area (Å²) in [6.45, 7) is 1.69. The lowest BCUT2D eigenvalue weighted by Crippen LogP contribution is -1.97. The molecule has 0 saturated heterocycles. The van der Waals surface area contributed by atoms with Crippen molar-refractivity contribution in [3.8, 4) is 0 Å². The number of aryl methyl sites for hydroxylation is 1. The van der Waals surface area contributed by atoms with Crippen molar-refractivity contribution in [2.45, 2.75) is 6.92 Å². The highest BCUT2D eigenvalue weighted by molar-refractivity contribution is 5.97. The van der Waals surface area contributed by atoms with Crippen molar-refractivity contribution >= 4 is 34.5 Å². The SMILES string of the molecule is Cc1ccc(Nc2c(/C=C/C(=O)O)cnc3[nH]ccc23)cc1F. The molecule has 0 aliphatic rings. The summed E-state index contributed by atoms with van der Waals surface area (Å²) in [6, 6.07) is 6.67. The molecule has 0 aliphatic carbocycles. The van der Waals surface area contributed by atoms with E-state index < -0.39 is 5.97 Å². The fourth-order valence-electron chi connectivity index (χ4n) is 2.27. The van der Waals surface area contributed by atoms with Crippen molar-refractivity contribution in [3.05, 3.63) is 59.7 Å². The minimum atomic E-state index is -1.05. The first-order chi connectivity index (χ1) is 11.0. The van der Waals surface area contributed by atoms with Gasteiger partial charge in [-0.1, -0.05) is 6.07 Å². The van der Waals surface area contributed by atoms with Gasteiger partial charge in [-0.3, -0.25) is 0 Å². The minimum absolute atomic E-state index is 0.308. The predicted octanol–water partition coefficient (Wildman–Crippen LogP) is 3.85. The number of aromatic amines is 1. The third-order valence-corrected chi connectivity index (χ3v) is 3.46. The van der Waals surface area contributed by atoms with Gasteiger partial charge < -0.3 is 15.4 Å². The van der Waals surface area contributed by atoms with Crippen LogP contribution < -0.4 is 5.32 Å². The van der Waals surface area contributed by atoms with E-state index in [0.717, 1.165) is 11.5 Å². The van der Waals surface area contributed by atoms with E-state index in [9.17, 15) is 9.18 Å². The van der Waals surface area contributed by atoms with Crippen LogP contribution in [0.4, 0.5) is 15.8 Å². The highest BCUT2D eigenvalue weighted by atomic mass is 19.1. The van der Waals surface area contributed by atoms with Crippen molar-refractivity contribution in [1.82, 2.24) is 9.97 Å². The average molecular weight is 311 g/mol. The maximum Gasteiger partial charge on any atom is 0.328 e. The van der Waals surface area contributed by atoms with Crippen molar-refractivity contribution in [3.63, 3.8) is 0 Å². The predicted molar refractivity (Wildman–Crippen MR) is 87.2 cm³/mol. The van der Waals surface area contributed by atoms with Gasteiger partial charge in [-0.15, -0.1) is 0 Å². The highest BCUT2D eigenvalue weighted by Crippen LogP contribution is 2.30. The Kier molecular flexibility index (Phi) is 3.80. The van der Waals surface area contributed by atoms with Crippen LogP contribution in [0.3, 0.4) is 0 Å². The maximum absolute atomic E-state index is 13.7. The fourth-order valence-corrected chi connectivity index (χ4v) is 2.27. The third-order valence-electron chi connectivity index (χ3n) is 3.46. The molecule has 0 unspecified atom stereocenters. The summed E-state index contributed by atoms with van der Waals surface area (Å²) in [5.74, 6) is -1.36. The molecule has 5 nitrogen and oxygen atoms in total. The maximum atomic E-state index is 13.7. The van der Waals surface area contributed by atoms with E-state index in [4.69, 9.17) is 5.11 Å². The van der Waals surface area contributed by atoms with Crippen molar-refractivity contribution in [2.24, 2.45) is 0 Å². The number of halogens is 1. The van der Waals surface area contributed by atoms with E-state index in [0.29, 0.717) is 28.1 Å². The number of aliphatic carboxylic acids is 1. The van der Waals surface area contributed by atoms with Crippen molar-refractivity contribution in [2.75, 3.05) is 5.32 Å². The second-order valence-corrected chi connectivity index (χ2v) is 5.09. The van der Waals surface area contributed by atoms with Crippen molar-refractivity contribution < 1.29 is 14.3 Å². The number of rotatable bonds is 4. The van der Waals surface area contributed by atoms with Crippen LogP contribution in [0.2, 0.25) is 0 Å². The monoisotopic (exact) mass is 311 g/mol. The molecule has 0 fully saturated rings. The molecule has 116 valence electrons. The van der Waals surface area contributed by atoms with Gasteiger partial charge in [0, 0.05) is 35.1 Å². The molecule has 2 heterocycles. The lowest BCUT2D eigenvalue weighted by molar-refractivity contribution is -0.131. The van der Waals surface area contributed by atoms with Gasteiger partial charge in [0.25, 0.3) is 0 Å². The number of benzene rings is 1. The largest absolute Gasteiger partial charge is 0.478 e. The third kappa shape index (κ3) is 3.06. The van der Waals surface area contributed by atoms with Crippen LogP contribution in [0.5, 0.6) is 0 Å². The number of carbonyl (C=O) groups is 1. The van der Waals surface area contributed by atoms with Gasteiger partial charge in [0.1, 0.15) is 11.5 Å². The lowest BCUT2D eigenvalue weighted by atomic mass is 10.1. The van der Waals surface area contributed by atoms with Gasteiger partial charge in [-0.2, -0.15) is 0 Å². The minimum Gasteiger partial charge on any atom is -0.478 e. The summed E-state index contributed by atoms with van der Waals surface area (Å²) in [5, 5.41) is 12.8. The quantitative estimate of drug-likeness (QED) is 0.639. The van der Waals surface area contributed by atoms with E-state index >= 15 is 0 Å². The molecule has 2 aromatic heterocycles. The Morgan fingerprint density at radius 2 is 2.22 bits per heavy atom. The molecule has 0 amide bonds.